The van der Waals surface area contributed by atoms with E-state index in [1.807, 2.05) is 0 Å². The van der Waals surface area contributed by atoms with Gasteiger partial charge in [0.05, 0.1) is 18.6 Å². The van der Waals surface area contributed by atoms with Crippen molar-refractivity contribution in [1.82, 2.24) is 0 Å². The van der Waals surface area contributed by atoms with E-state index >= 15 is 0 Å². The number of rotatable bonds is 19. The van der Waals surface area contributed by atoms with Gasteiger partial charge in [0.15, 0.2) is 5.75 Å². The van der Waals surface area contributed by atoms with Crippen molar-refractivity contribution in [1.29, 1.82) is 0 Å². The minimum Gasteiger partial charge on any atom is -0.490 e. The molecule has 0 fully saturated rings. The molecule has 6 nitrogen and oxygen atoms in total. The first kappa shape index (κ1) is 27.3. The van der Waals surface area contributed by atoms with Crippen molar-refractivity contribution in [2.24, 2.45) is 0 Å². The summed E-state index contributed by atoms with van der Waals surface area (Å²) in [6.07, 6.45) is 18.7. The SMILES string of the molecule is CCCCCCCCCCCCCCCCOc1c(NS(C)(=O)=O)cccc1C(=O)O. The summed E-state index contributed by atoms with van der Waals surface area (Å²) in [5, 5.41) is 9.36. The molecule has 0 aromatic heterocycles. The average Bonchev–Trinajstić information content (AvgIpc) is 2.70. The molecule has 178 valence electrons. The Morgan fingerprint density at radius 2 is 1.35 bits per heavy atom. The first-order valence-electron chi connectivity index (χ1n) is 11.8. The Kier molecular flexibility index (Phi) is 14.0. The number of sulfonamides is 1. The van der Waals surface area contributed by atoms with Gasteiger partial charge in [-0.05, 0) is 18.6 Å². The number of unbranched alkanes of at least 4 members (excludes halogenated alkanes) is 13. The second-order valence-electron chi connectivity index (χ2n) is 8.31. The molecule has 1 rings (SSSR count). The summed E-state index contributed by atoms with van der Waals surface area (Å²) in [5.41, 5.74) is 0.117. The zero-order valence-corrected chi connectivity index (χ0v) is 20.1. The summed E-state index contributed by atoms with van der Waals surface area (Å²) in [6, 6.07) is 4.42. The first-order chi connectivity index (χ1) is 14.8. The van der Waals surface area contributed by atoms with Crippen LogP contribution in [0, 0.1) is 0 Å². The molecule has 0 heterocycles. The Balaban J connectivity index is 2.18. The highest BCUT2D eigenvalue weighted by molar-refractivity contribution is 7.92. The molecule has 7 heteroatoms. The number of carboxylic acid groups (broad SMARTS) is 1. The van der Waals surface area contributed by atoms with Crippen molar-refractivity contribution < 1.29 is 23.1 Å². The van der Waals surface area contributed by atoms with Crippen molar-refractivity contribution in [2.45, 2.75) is 96.8 Å². The van der Waals surface area contributed by atoms with Gasteiger partial charge in [0.1, 0.15) is 5.56 Å². The predicted octanol–water partition coefficient (Wildman–Crippen LogP) is 6.62. The number of carbonyl (C=O) groups is 1. The molecule has 0 amide bonds. The maximum absolute atomic E-state index is 11.5. The van der Waals surface area contributed by atoms with Gasteiger partial charge in [-0.15, -0.1) is 0 Å². The molecule has 0 bridgehead atoms. The molecule has 0 saturated carbocycles. The van der Waals surface area contributed by atoms with E-state index in [1.54, 1.807) is 0 Å². The van der Waals surface area contributed by atoms with Crippen LogP contribution in [0.4, 0.5) is 5.69 Å². The second-order valence-corrected chi connectivity index (χ2v) is 10.1. The van der Waals surface area contributed by atoms with Gasteiger partial charge in [-0.25, -0.2) is 13.2 Å². The summed E-state index contributed by atoms with van der Waals surface area (Å²) < 4.78 is 31.1. The van der Waals surface area contributed by atoms with E-state index in [0.29, 0.717) is 6.61 Å². The summed E-state index contributed by atoms with van der Waals surface area (Å²) >= 11 is 0. The maximum atomic E-state index is 11.5. The van der Waals surface area contributed by atoms with E-state index in [-0.39, 0.29) is 17.0 Å². The van der Waals surface area contributed by atoms with Crippen LogP contribution in [0.1, 0.15) is 107 Å². The summed E-state index contributed by atoms with van der Waals surface area (Å²) in [7, 11) is -3.52. The lowest BCUT2D eigenvalue weighted by atomic mass is 10.0. The Morgan fingerprint density at radius 1 is 0.871 bits per heavy atom. The van der Waals surface area contributed by atoms with Crippen molar-refractivity contribution in [2.75, 3.05) is 17.6 Å². The van der Waals surface area contributed by atoms with E-state index in [1.165, 1.54) is 88.8 Å². The van der Waals surface area contributed by atoms with Crippen molar-refractivity contribution in [3.05, 3.63) is 23.8 Å². The highest BCUT2D eigenvalue weighted by atomic mass is 32.2. The molecule has 0 aliphatic heterocycles. The number of benzene rings is 1. The van der Waals surface area contributed by atoms with E-state index in [0.717, 1.165) is 25.5 Å². The van der Waals surface area contributed by atoms with Gasteiger partial charge in [-0.2, -0.15) is 0 Å². The van der Waals surface area contributed by atoms with Gasteiger partial charge in [0, 0.05) is 0 Å². The quantitative estimate of drug-likeness (QED) is 0.229. The van der Waals surface area contributed by atoms with Crippen molar-refractivity contribution in [3.8, 4) is 5.75 Å². The Bertz CT molecular complexity index is 733. The number of hydrogen-bond donors (Lipinski definition) is 2. The van der Waals surface area contributed by atoms with Crippen molar-refractivity contribution in [3.63, 3.8) is 0 Å². The number of aromatic carboxylic acids is 1. The highest BCUT2D eigenvalue weighted by Gasteiger charge is 2.17. The average molecular weight is 456 g/mol. The molecule has 0 saturated heterocycles. The number of carboxylic acids is 1. The number of anilines is 1. The van der Waals surface area contributed by atoms with E-state index < -0.39 is 16.0 Å². The molecule has 0 aliphatic rings. The monoisotopic (exact) mass is 455 g/mol. The van der Waals surface area contributed by atoms with Crippen LogP contribution in [0.3, 0.4) is 0 Å². The van der Waals surface area contributed by atoms with Crippen LogP contribution < -0.4 is 9.46 Å². The molecular formula is C24H41NO5S. The lowest BCUT2D eigenvalue weighted by molar-refractivity contribution is 0.0692. The van der Waals surface area contributed by atoms with Crippen LogP contribution in [-0.2, 0) is 10.0 Å². The lowest BCUT2D eigenvalue weighted by Gasteiger charge is -2.14. The van der Waals surface area contributed by atoms with Crippen LogP contribution in [0.15, 0.2) is 18.2 Å². The maximum Gasteiger partial charge on any atom is 0.339 e. The normalized spacial score (nSPS) is 11.4. The summed E-state index contributed by atoms with van der Waals surface area (Å²) in [5.74, 6) is -1.07. The van der Waals surface area contributed by atoms with E-state index in [4.69, 9.17) is 4.74 Å². The van der Waals surface area contributed by atoms with Crippen molar-refractivity contribution >= 4 is 21.7 Å². The van der Waals surface area contributed by atoms with Crippen LogP contribution >= 0.6 is 0 Å². The minimum atomic E-state index is -3.52. The molecule has 0 spiro atoms. The van der Waals surface area contributed by atoms with Gasteiger partial charge < -0.3 is 9.84 Å². The van der Waals surface area contributed by atoms with Gasteiger partial charge >= 0.3 is 5.97 Å². The standard InChI is InChI=1S/C24H41NO5S/c1-3-4-5-6-7-8-9-10-11-12-13-14-15-16-20-30-23-21(24(26)27)18-17-19-22(23)25-31(2,28)29/h17-19,25H,3-16,20H2,1-2H3,(H,26,27). The molecule has 1 aromatic carbocycles. The van der Waals surface area contributed by atoms with E-state index in [2.05, 4.69) is 11.6 Å². The van der Waals surface area contributed by atoms with Crippen LogP contribution in [0.25, 0.3) is 0 Å². The fourth-order valence-electron chi connectivity index (χ4n) is 3.61. The molecule has 0 radical (unpaired) electrons. The Morgan fingerprint density at radius 3 is 1.81 bits per heavy atom. The summed E-state index contributed by atoms with van der Waals surface area (Å²) in [6.45, 7) is 2.61. The van der Waals surface area contributed by atoms with Gasteiger partial charge in [0.25, 0.3) is 0 Å². The second kappa shape index (κ2) is 16.0. The Hall–Kier alpha value is -1.76. The number of para-hydroxylation sites is 1. The zero-order chi connectivity index (χ0) is 23.0. The number of nitrogens with one attached hydrogen (secondary N) is 1. The third-order valence-electron chi connectivity index (χ3n) is 5.29. The first-order valence-corrected chi connectivity index (χ1v) is 13.7. The molecule has 31 heavy (non-hydrogen) atoms. The Labute approximate surface area is 188 Å². The third-order valence-corrected chi connectivity index (χ3v) is 5.88. The largest absolute Gasteiger partial charge is 0.490 e. The molecule has 0 aliphatic carbocycles. The van der Waals surface area contributed by atoms with Crippen LogP contribution in [0.2, 0.25) is 0 Å². The fraction of sp³-hybridized carbons (Fsp3) is 0.708. The molecule has 1 aromatic rings. The zero-order valence-electron chi connectivity index (χ0n) is 19.3. The van der Waals surface area contributed by atoms with Gasteiger partial charge in [-0.1, -0.05) is 96.5 Å². The van der Waals surface area contributed by atoms with Crippen LogP contribution in [-0.4, -0.2) is 32.4 Å². The number of ether oxygens (including phenoxy) is 1. The highest BCUT2D eigenvalue weighted by Crippen LogP contribution is 2.30. The number of hydrogen-bond acceptors (Lipinski definition) is 4. The topological polar surface area (TPSA) is 92.7 Å². The fourth-order valence-corrected chi connectivity index (χ4v) is 4.17. The molecular weight excluding hydrogens is 414 g/mol. The smallest absolute Gasteiger partial charge is 0.339 e. The molecule has 2 N–H and O–H groups in total. The minimum absolute atomic E-state index is 0.0426. The predicted molar refractivity (Wildman–Crippen MR) is 128 cm³/mol. The molecule has 0 atom stereocenters. The third kappa shape index (κ3) is 13.3. The lowest BCUT2D eigenvalue weighted by Crippen LogP contribution is -2.13. The van der Waals surface area contributed by atoms with Crippen LogP contribution in [0.5, 0.6) is 5.75 Å². The molecule has 0 unspecified atom stereocenters. The summed E-state index contributed by atoms with van der Waals surface area (Å²) in [4.78, 5) is 11.4. The van der Waals surface area contributed by atoms with Gasteiger partial charge in [-0.3, -0.25) is 4.72 Å². The van der Waals surface area contributed by atoms with Gasteiger partial charge in [0.2, 0.25) is 10.0 Å². The van der Waals surface area contributed by atoms with E-state index in [9.17, 15) is 18.3 Å².